The maximum Gasteiger partial charge on any atom is 0.122 e. The lowest BCUT2D eigenvalue weighted by molar-refractivity contribution is 0.344. The topological polar surface area (TPSA) is 21.3 Å². The van der Waals surface area contributed by atoms with Gasteiger partial charge in [0, 0.05) is 12.5 Å². The van der Waals surface area contributed by atoms with Crippen LogP contribution in [0.5, 0.6) is 5.75 Å². The van der Waals surface area contributed by atoms with Crippen LogP contribution >= 0.6 is 0 Å². The monoisotopic (exact) mass is 245 g/mol. The predicted molar refractivity (Wildman–Crippen MR) is 74.3 cm³/mol. The van der Waals surface area contributed by atoms with Gasteiger partial charge in [-0.1, -0.05) is 25.5 Å². The van der Waals surface area contributed by atoms with E-state index < -0.39 is 0 Å². The van der Waals surface area contributed by atoms with Crippen LogP contribution in [0.3, 0.4) is 0 Å². The van der Waals surface area contributed by atoms with E-state index in [1.54, 1.807) is 0 Å². The van der Waals surface area contributed by atoms with Gasteiger partial charge in [-0.05, 0) is 48.9 Å². The minimum atomic E-state index is 0.721. The van der Waals surface area contributed by atoms with Gasteiger partial charge in [0.15, 0.2) is 0 Å². The Hall–Kier alpha value is -1.02. The molecule has 1 heterocycles. The van der Waals surface area contributed by atoms with Crippen LogP contribution < -0.4 is 10.1 Å². The first-order valence-electron chi connectivity index (χ1n) is 7.36. The third-order valence-electron chi connectivity index (χ3n) is 4.35. The second-order valence-electron chi connectivity index (χ2n) is 5.58. The van der Waals surface area contributed by atoms with Crippen LogP contribution in [0.1, 0.15) is 49.7 Å². The van der Waals surface area contributed by atoms with Gasteiger partial charge in [-0.3, -0.25) is 0 Å². The summed E-state index contributed by atoms with van der Waals surface area (Å²) in [5.41, 5.74) is 2.94. The summed E-state index contributed by atoms with van der Waals surface area (Å²) in [5.74, 6) is 1.85. The van der Waals surface area contributed by atoms with Crippen molar-refractivity contribution in [1.29, 1.82) is 0 Å². The number of hydrogen-bond acceptors (Lipinski definition) is 2. The van der Waals surface area contributed by atoms with Crippen LogP contribution in [-0.4, -0.2) is 19.2 Å². The predicted octanol–water partition coefficient (Wildman–Crippen LogP) is 3.26. The molecule has 98 valence electrons. The molecule has 18 heavy (non-hydrogen) atoms. The fraction of sp³-hybridized carbons (Fsp3) is 0.625. The van der Waals surface area contributed by atoms with Crippen LogP contribution in [-0.2, 0) is 6.42 Å². The van der Waals surface area contributed by atoms with Crippen LogP contribution in [0, 0.1) is 0 Å². The Kier molecular flexibility index (Phi) is 3.55. The average Bonchev–Trinajstić information content (AvgIpc) is 2.86. The number of ether oxygens (including phenoxy) is 1. The van der Waals surface area contributed by atoms with Crippen molar-refractivity contribution in [2.45, 2.75) is 51.0 Å². The van der Waals surface area contributed by atoms with Gasteiger partial charge >= 0.3 is 0 Å². The number of nitrogens with one attached hydrogen (secondary N) is 1. The minimum Gasteiger partial charge on any atom is -0.493 e. The fourth-order valence-electron chi connectivity index (χ4n) is 3.43. The Bertz CT molecular complexity index is 414. The summed E-state index contributed by atoms with van der Waals surface area (Å²) in [6.07, 6.45) is 6.44. The van der Waals surface area contributed by atoms with Crippen molar-refractivity contribution in [2.75, 3.05) is 13.2 Å². The van der Waals surface area contributed by atoms with E-state index in [0.717, 1.165) is 37.3 Å². The van der Waals surface area contributed by atoms with Gasteiger partial charge in [-0.15, -0.1) is 0 Å². The van der Waals surface area contributed by atoms with E-state index in [1.165, 1.54) is 36.8 Å². The third-order valence-corrected chi connectivity index (χ3v) is 4.35. The van der Waals surface area contributed by atoms with Crippen molar-refractivity contribution >= 4 is 0 Å². The lowest BCUT2D eigenvalue weighted by Gasteiger charge is -2.30. The molecule has 0 radical (unpaired) electrons. The van der Waals surface area contributed by atoms with Gasteiger partial charge in [0.2, 0.25) is 0 Å². The highest BCUT2D eigenvalue weighted by Gasteiger charge is 2.23. The van der Waals surface area contributed by atoms with Crippen molar-refractivity contribution in [1.82, 2.24) is 5.32 Å². The van der Waals surface area contributed by atoms with Gasteiger partial charge in [0.05, 0.1) is 6.61 Å². The van der Waals surface area contributed by atoms with Gasteiger partial charge < -0.3 is 10.1 Å². The third kappa shape index (κ3) is 2.39. The van der Waals surface area contributed by atoms with Crippen LogP contribution in [0.4, 0.5) is 0 Å². The molecule has 3 rings (SSSR count). The molecule has 0 bridgehead atoms. The summed E-state index contributed by atoms with van der Waals surface area (Å²) in [6.45, 7) is 4.16. The summed E-state index contributed by atoms with van der Waals surface area (Å²) in [7, 11) is 0. The Morgan fingerprint density at radius 3 is 3.17 bits per heavy atom. The average molecular weight is 245 g/mol. The van der Waals surface area contributed by atoms with Gasteiger partial charge in [0.1, 0.15) is 5.75 Å². The molecule has 2 aliphatic rings. The summed E-state index contributed by atoms with van der Waals surface area (Å²) in [5, 5.41) is 3.61. The molecule has 0 amide bonds. The molecular formula is C16H23NO. The lowest BCUT2D eigenvalue weighted by atomic mass is 9.81. The molecule has 1 aromatic carbocycles. The largest absolute Gasteiger partial charge is 0.493 e. The first-order chi connectivity index (χ1) is 8.86. The number of rotatable bonds is 3. The number of hydrogen-bond donors (Lipinski definition) is 1. The molecule has 2 nitrogen and oxygen atoms in total. The number of fused-ring (bicyclic) bond motifs is 1. The molecule has 1 aliphatic carbocycles. The highest BCUT2D eigenvalue weighted by atomic mass is 16.5. The highest BCUT2D eigenvalue weighted by molar-refractivity contribution is 5.41. The van der Waals surface area contributed by atoms with Gasteiger partial charge in [-0.2, -0.15) is 0 Å². The molecule has 1 N–H and O–H groups in total. The molecule has 2 heteroatoms. The van der Waals surface area contributed by atoms with Crippen LogP contribution in [0.25, 0.3) is 0 Å². The molecule has 2 unspecified atom stereocenters. The van der Waals surface area contributed by atoms with Crippen molar-refractivity contribution in [3.8, 4) is 5.75 Å². The quantitative estimate of drug-likeness (QED) is 0.882. The Morgan fingerprint density at radius 1 is 1.33 bits per heavy atom. The minimum absolute atomic E-state index is 0.721. The zero-order valence-corrected chi connectivity index (χ0v) is 11.2. The smallest absolute Gasteiger partial charge is 0.122 e. The molecule has 0 spiro atoms. The second kappa shape index (κ2) is 5.31. The van der Waals surface area contributed by atoms with Crippen LogP contribution in [0.15, 0.2) is 18.2 Å². The van der Waals surface area contributed by atoms with Crippen molar-refractivity contribution in [3.05, 3.63) is 29.3 Å². The summed E-state index contributed by atoms with van der Waals surface area (Å²) in [6, 6.07) is 7.57. The Balaban J connectivity index is 1.73. The maximum atomic E-state index is 5.59. The van der Waals surface area contributed by atoms with Crippen molar-refractivity contribution < 1.29 is 4.74 Å². The van der Waals surface area contributed by atoms with Crippen molar-refractivity contribution in [2.24, 2.45) is 0 Å². The normalized spacial score (nSPS) is 26.7. The zero-order valence-electron chi connectivity index (χ0n) is 11.2. The van der Waals surface area contributed by atoms with E-state index in [-0.39, 0.29) is 0 Å². The molecule has 2 atom stereocenters. The fourth-order valence-corrected chi connectivity index (χ4v) is 3.43. The standard InChI is InChI=1S/C16H23NO/c1-2-17-15-5-3-4-12(11-15)13-6-7-16-14(10-13)8-9-18-16/h6-7,10,12,15,17H,2-5,8-9,11H2,1H3. The van der Waals surface area contributed by atoms with E-state index >= 15 is 0 Å². The van der Waals surface area contributed by atoms with Crippen molar-refractivity contribution in [3.63, 3.8) is 0 Å². The first kappa shape index (κ1) is 12.0. The molecule has 1 aromatic rings. The van der Waals surface area contributed by atoms with Crippen LogP contribution in [0.2, 0.25) is 0 Å². The Labute approximate surface area is 110 Å². The molecule has 0 aromatic heterocycles. The zero-order chi connectivity index (χ0) is 12.4. The second-order valence-corrected chi connectivity index (χ2v) is 5.58. The van der Waals surface area contributed by atoms with Gasteiger partial charge in [0.25, 0.3) is 0 Å². The van der Waals surface area contributed by atoms with Gasteiger partial charge in [-0.25, -0.2) is 0 Å². The molecule has 1 aliphatic heterocycles. The summed E-state index contributed by atoms with van der Waals surface area (Å²) < 4.78 is 5.59. The SMILES string of the molecule is CCNC1CCCC(c2ccc3c(c2)CCO3)C1. The maximum absolute atomic E-state index is 5.59. The van der Waals surface area contributed by atoms with E-state index in [9.17, 15) is 0 Å². The van der Waals surface area contributed by atoms with E-state index in [4.69, 9.17) is 4.74 Å². The molecule has 1 saturated carbocycles. The van der Waals surface area contributed by atoms with E-state index in [2.05, 4.69) is 30.4 Å². The van der Waals surface area contributed by atoms with E-state index in [1.807, 2.05) is 0 Å². The lowest BCUT2D eigenvalue weighted by Crippen LogP contribution is -2.33. The highest BCUT2D eigenvalue weighted by Crippen LogP contribution is 2.36. The first-order valence-corrected chi connectivity index (χ1v) is 7.36. The Morgan fingerprint density at radius 2 is 2.28 bits per heavy atom. The number of benzene rings is 1. The molecule has 0 saturated heterocycles. The molecular weight excluding hydrogens is 222 g/mol. The summed E-state index contributed by atoms with van der Waals surface area (Å²) in [4.78, 5) is 0. The summed E-state index contributed by atoms with van der Waals surface area (Å²) >= 11 is 0. The van der Waals surface area contributed by atoms with E-state index in [0.29, 0.717) is 0 Å². The molecule has 1 fully saturated rings.